The minimum Gasteiger partial charge on any atom is -0.493 e. The van der Waals surface area contributed by atoms with Crippen LogP contribution in [0, 0.1) is 0 Å². The SMILES string of the molecule is COc1ccc(NCc2cc(Cl)cs2)cc1OC(F)F. The van der Waals surface area contributed by atoms with Crippen LogP contribution in [0.4, 0.5) is 14.5 Å². The molecule has 20 heavy (non-hydrogen) atoms. The van der Waals surface area contributed by atoms with Crippen molar-refractivity contribution in [3.63, 3.8) is 0 Å². The largest absolute Gasteiger partial charge is 0.493 e. The molecule has 0 amide bonds. The van der Waals surface area contributed by atoms with E-state index in [-0.39, 0.29) is 11.5 Å². The fourth-order valence-electron chi connectivity index (χ4n) is 1.61. The number of methoxy groups -OCH3 is 1. The van der Waals surface area contributed by atoms with Gasteiger partial charge in [0.05, 0.1) is 12.1 Å². The lowest BCUT2D eigenvalue weighted by Crippen LogP contribution is -2.04. The van der Waals surface area contributed by atoms with Crippen LogP contribution in [0.2, 0.25) is 5.02 Å². The molecule has 2 rings (SSSR count). The monoisotopic (exact) mass is 319 g/mol. The van der Waals surface area contributed by atoms with Crippen molar-refractivity contribution in [3.8, 4) is 11.5 Å². The third kappa shape index (κ3) is 3.98. The molecule has 108 valence electrons. The van der Waals surface area contributed by atoms with Gasteiger partial charge in [-0.3, -0.25) is 0 Å². The van der Waals surface area contributed by atoms with Gasteiger partial charge in [0.2, 0.25) is 0 Å². The van der Waals surface area contributed by atoms with E-state index in [4.69, 9.17) is 16.3 Å². The number of rotatable bonds is 6. The Bertz CT molecular complexity index is 577. The summed E-state index contributed by atoms with van der Waals surface area (Å²) in [6.45, 7) is -2.34. The smallest absolute Gasteiger partial charge is 0.387 e. The van der Waals surface area contributed by atoms with Gasteiger partial charge in [-0.1, -0.05) is 11.6 Å². The first-order valence-electron chi connectivity index (χ1n) is 5.68. The summed E-state index contributed by atoms with van der Waals surface area (Å²) in [6.07, 6.45) is 0. The zero-order chi connectivity index (χ0) is 14.5. The van der Waals surface area contributed by atoms with Crippen molar-refractivity contribution in [2.45, 2.75) is 13.2 Å². The van der Waals surface area contributed by atoms with E-state index >= 15 is 0 Å². The molecule has 0 spiro atoms. The number of benzene rings is 1. The Morgan fingerprint density at radius 1 is 1.30 bits per heavy atom. The van der Waals surface area contributed by atoms with Crippen LogP contribution in [0.15, 0.2) is 29.6 Å². The van der Waals surface area contributed by atoms with Gasteiger partial charge in [0.25, 0.3) is 0 Å². The van der Waals surface area contributed by atoms with E-state index in [2.05, 4.69) is 10.1 Å². The highest BCUT2D eigenvalue weighted by molar-refractivity contribution is 7.10. The van der Waals surface area contributed by atoms with E-state index in [1.807, 2.05) is 11.4 Å². The standard InChI is InChI=1S/C13H12ClF2NO2S/c1-18-11-3-2-9(5-12(11)19-13(15)16)17-6-10-4-8(14)7-20-10/h2-5,7,13,17H,6H2,1H3. The summed E-state index contributed by atoms with van der Waals surface area (Å²) in [7, 11) is 1.40. The minimum absolute atomic E-state index is 0.00304. The summed E-state index contributed by atoms with van der Waals surface area (Å²) < 4.78 is 34.0. The van der Waals surface area contributed by atoms with Gasteiger partial charge in [-0.25, -0.2) is 0 Å². The molecule has 1 aromatic carbocycles. The van der Waals surface area contributed by atoms with E-state index < -0.39 is 6.61 Å². The van der Waals surface area contributed by atoms with Crippen LogP contribution in [0.25, 0.3) is 0 Å². The van der Waals surface area contributed by atoms with Gasteiger partial charge in [0, 0.05) is 28.6 Å². The van der Waals surface area contributed by atoms with Crippen molar-refractivity contribution < 1.29 is 18.3 Å². The third-order valence-electron chi connectivity index (χ3n) is 2.47. The highest BCUT2D eigenvalue weighted by Gasteiger charge is 2.11. The van der Waals surface area contributed by atoms with Gasteiger partial charge in [-0.2, -0.15) is 8.78 Å². The summed E-state index contributed by atoms with van der Waals surface area (Å²) >= 11 is 7.35. The summed E-state index contributed by atoms with van der Waals surface area (Å²) in [5.41, 5.74) is 0.658. The lowest BCUT2D eigenvalue weighted by Gasteiger charge is -2.12. The van der Waals surface area contributed by atoms with Crippen LogP contribution >= 0.6 is 22.9 Å². The maximum absolute atomic E-state index is 12.3. The zero-order valence-corrected chi connectivity index (χ0v) is 12.1. The van der Waals surface area contributed by atoms with Crippen LogP contribution < -0.4 is 14.8 Å². The van der Waals surface area contributed by atoms with Crippen molar-refractivity contribution in [1.29, 1.82) is 0 Å². The maximum Gasteiger partial charge on any atom is 0.387 e. The summed E-state index contributed by atoms with van der Waals surface area (Å²) in [4.78, 5) is 1.04. The number of hydrogen-bond donors (Lipinski definition) is 1. The Morgan fingerprint density at radius 3 is 2.70 bits per heavy atom. The van der Waals surface area contributed by atoms with Crippen molar-refractivity contribution in [3.05, 3.63) is 39.5 Å². The molecule has 0 aliphatic carbocycles. The molecule has 0 atom stereocenters. The molecule has 0 saturated heterocycles. The molecule has 0 radical (unpaired) electrons. The molecular weight excluding hydrogens is 308 g/mol. The Labute approximate surface area is 124 Å². The van der Waals surface area contributed by atoms with Crippen molar-refractivity contribution in [2.75, 3.05) is 12.4 Å². The van der Waals surface area contributed by atoms with Crippen molar-refractivity contribution in [1.82, 2.24) is 0 Å². The summed E-state index contributed by atoms with van der Waals surface area (Å²) in [5.74, 6) is 0.256. The number of halogens is 3. The van der Waals surface area contributed by atoms with E-state index in [0.717, 1.165) is 4.88 Å². The van der Waals surface area contributed by atoms with Gasteiger partial charge >= 0.3 is 6.61 Å². The van der Waals surface area contributed by atoms with E-state index in [9.17, 15) is 8.78 Å². The molecule has 1 aromatic heterocycles. The third-order valence-corrected chi connectivity index (χ3v) is 3.75. The predicted octanol–water partition coefficient (Wildman–Crippen LogP) is 4.62. The maximum atomic E-state index is 12.3. The fraction of sp³-hybridized carbons (Fsp3) is 0.231. The summed E-state index contributed by atoms with van der Waals surface area (Å²) in [6, 6.07) is 6.62. The second kappa shape index (κ2) is 6.76. The van der Waals surface area contributed by atoms with Crippen LogP contribution in [0.1, 0.15) is 4.88 Å². The first-order chi connectivity index (χ1) is 9.58. The second-order valence-electron chi connectivity index (χ2n) is 3.83. The highest BCUT2D eigenvalue weighted by Crippen LogP contribution is 2.31. The number of hydrogen-bond acceptors (Lipinski definition) is 4. The molecule has 0 saturated carbocycles. The Hall–Kier alpha value is -1.53. The van der Waals surface area contributed by atoms with E-state index in [1.165, 1.54) is 24.5 Å². The lowest BCUT2D eigenvalue weighted by molar-refractivity contribution is -0.0511. The molecule has 0 aliphatic rings. The average molecular weight is 320 g/mol. The van der Waals surface area contributed by atoms with Crippen LogP contribution in [-0.2, 0) is 6.54 Å². The zero-order valence-electron chi connectivity index (χ0n) is 10.5. The van der Waals surface area contributed by atoms with Gasteiger partial charge in [0.15, 0.2) is 11.5 Å². The number of anilines is 1. The molecular formula is C13H12ClF2NO2S. The first kappa shape index (κ1) is 14.9. The second-order valence-corrected chi connectivity index (χ2v) is 5.26. The van der Waals surface area contributed by atoms with E-state index in [0.29, 0.717) is 17.3 Å². The quantitative estimate of drug-likeness (QED) is 0.842. The molecule has 0 unspecified atom stereocenters. The van der Waals surface area contributed by atoms with Crippen molar-refractivity contribution >= 4 is 28.6 Å². The number of ether oxygens (including phenoxy) is 2. The topological polar surface area (TPSA) is 30.5 Å². The highest BCUT2D eigenvalue weighted by atomic mass is 35.5. The molecule has 2 aromatic rings. The molecule has 7 heteroatoms. The molecule has 0 bridgehead atoms. The number of thiophene rings is 1. The van der Waals surface area contributed by atoms with Crippen LogP contribution in [0.3, 0.4) is 0 Å². The van der Waals surface area contributed by atoms with Crippen molar-refractivity contribution in [2.24, 2.45) is 0 Å². The van der Waals surface area contributed by atoms with Crippen LogP contribution in [-0.4, -0.2) is 13.7 Å². The average Bonchev–Trinajstić information content (AvgIpc) is 2.82. The Balaban J connectivity index is 2.07. The van der Waals surface area contributed by atoms with Crippen LogP contribution in [0.5, 0.6) is 11.5 Å². The Kier molecular flexibility index (Phi) is 5.03. The molecule has 0 fully saturated rings. The summed E-state index contributed by atoms with van der Waals surface area (Å²) in [5, 5.41) is 5.63. The fourth-order valence-corrected chi connectivity index (χ4v) is 2.62. The number of alkyl halides is 2. The van der Waals surface area contributed by atoms with E-state index in [1.54, 1.807) is 12.1 Å². The van der Waals surface area contributed by atoms with Gasteiger partial charge in [0.1, 0.15) is 0 Å². The minimum atomic E-state index is -2.89. The molecule has 1 N–H and O–H groups in total. The molecule has 3 nitrogen and oxygen atoms in total. The number of nitrogens with one attached hydrogen (secondary N) is 1. The Morgan fingerprint density at radius 2 is 2.10 bits per heavy atom. The first-order valence-corrected chi connectivity index (χ1v) is 6.94. The van der Waals surface area contributed by atoms with Gasteiger partial charge in [-0.05, 0) is 18.2 Å². The molecule has 1 heterocycles. The predicted molar refractivity (Wildman–Crippen MR) is 76.3 cm³/mol. The normalized spacial score (nSPS) is 10.7. The van der Waals surface area contributed by atoms with Gasteiger partial charge in [-0.15, -0.1) is 11.3 Å². The van der Waals surface area contributed by atoms with Gasteiger partial charge < -0.3 is 14.8 Å². The lowest BCUT2D eigenvalue weighted by atomic mass is 10.2. The molecule has 0 aliphatic heterocycles.